The van der Waals surface area contributed by atoms with E-state index in [2.05, 4.69) is 21.2 Å². The van der Waals surface area contributed by atoms with Crippen LogP contribution in [0.3, 0.4) is 0 Å². The van der Waals surface area contributed by atoms with Gasteiger partial charge in [-0.2, -0.15) is 0 Å². The summed E-state index contributed by atoms with van der Waals surface area (Å²) in [4.78, 5) is 16.0. The maximum absolute atomic E-state index is 12.2. The summed E-state index contributed by atoms with van der Waals surface area (Å²) in [7, 11) is 0. The lowest BCUT2D eigenvalue weighted by atomic mass is 9.90. The molecular formula is C14H19ClN4O2. The summed E-state index contributed by atoms with van der Waals surface area (Å²) in [5.74, 6) is 0.453. The highest BCUT2D eigenvalue weighted by molar-refractivity contribution is 6.29. The normalized spacial score (nSPS) is 26.7. The van der Waals surface area contributed by atoms with Gasteiger partial charge >= 0.3 is 0 Å². The molecule has 0 saturated carbocycles. The van der Waals surface area contributed by atoms with Gasteiger partial charge in [0.2, 0.25) is 0 Å². The zero-order valence-electron chi connectivity index (χ0n) is 11.6. The van der Waals surface area contributed by atoms with Crippen LogP contribution in [0.1, 0.15) is 29.6 Å². The van der Waals surface area contributed by atoms with Gasteiger partial charge in [0.1, 0.15) is 5.15 Å². The molecule has 2 saturated heterocycles. The number of halogens is 1. The first kappa shape index (κ1) is 14.7. The molecule has 3 heterocycles. The van der Waals surface area contributed by atoms with Gasteiger partial charge in [-0.15, -0.1) is 0 Å². The van der Waals surface area contributed by atoms with E-state index in [1.54, 1.807) is 12.1 Å². The Hall–Kier alpha value is -1.21. The van der Waals surface area contributed by atoms with Gasteiger partial charge in [-0.05, 0) is 37.3 Å². The molecule has 0 bridgehead atoms. The van der Waals surface area contributed by atoms with Gasteiger partial charge in [0.25, 0.3) is 5.91 Å². The van der Waals surface area contributed by atoms with Gasteiger partial charge in [0, 0.05) is 31.0 Å². The molecule has 114 valence electrons. The minimum absolute atomic E-state index is 0.0720. The van der Waals surface area contributed by atoms with Crippen LogP contribution in [0.4, 0.5) is 0 Å². The fourth-order valence-corrected chi connectivity index (χ4v) is 3.06. The molecular weight excluding hydrogens is 292 g/mol. The van der Waals surface area contributed by atoms with Gasteiger partial charge in [-0.25, -0.2) is 10.4 Å². The van der Waals surface area contributed by atoms with Crippen molar-refractivity contribution in [1.82, 2.24) is 21.2 Å². The van der Waals surface area contributed by atoms with Crippen molar-refractivity contribution >= 4 is 17.5 Å². The predicted molar refractivity (Wildman–Crippen MR) is 78.7 cm³/mol. The maximum atomic E-state index is 12.2. The maximum Gasteiger partial charge on any atom is 0.252 e. The Morgan fingerprint density at radius 3 is 2.95 bits per heavy atom. The van der Waals surface area contributed by atoms with E-state index in [9.17, 15) is 4.79 Å². The van der Waals surface area contributed by atoms with Crippen molar-refractivity contribution in [3.05, 3.63) is 29.0 Å². The largest absolute Gasteiger partial charge is 0.381 e. The lowest BCUT2D eigenvalue weighted by molar-refractivity contribution is 0.0553. The number of hydrogen-bond acceptors (Lipinski definition) is 5. The number of carbonyl (C=O) groups is 1. The standard InChI is InChI=1S/C14H19ClN4O2/c15-12-7-10(1-4-16-12)14(20)17-13-8-11(18-19-13)9-2-5-21-6-3-9/h1,4,7,9,11,13,18-19H,2-3,5-6,8H2,(H,17,20). The van der Waals surface area contributed by atoms with Crippen molar-refractivity contribution in [2.75, 3.05) is 13.2 Å². The van der Waals surface area contributed by atoms with Crippen molar-refractivity contribution in [3.63, 3.8) is 0 Å². The van der Waals surface area contributed by atoms with Crippen LogP contribution in [-0.4, -0.2) is 36.3 Å². The second kappa shape index (κ2) is 6.70. The number of rotatable bonds is 3. The van der Waals surface area contributed by atoms with Crippen LogP contribution in [-0.2, 0) is 4.74 Å². The lowest BCUT2D eigenvalue weighted by Gasteiger charge is -2.26. The summed E-state index contributed by atoms with van der Waals surface area (Å²) >= 11 is 5.80. The number of hydrazine groups is 1. The Labute approximate surface area is 128 Å². The van der Waals surface area contributed by atoms with Gasteiger partial charge in [-0.3, -0.25) is 10.2 Å². The first-order valence-corrected chi connectivity index (χ1v) is 7.61. The molecule has 0 aliphatic carbocycles. The van der Waals surface area contributed by atoms with Crippen LogP contribution in [0.2, 0.25) is 5.15 Å². The third-order valence-corrected chi connectivity index (χ3v) is 4.27. The van der Waals surface area contributed by atoms with Gasteiger partial charge in [0.15, 0.2) is 0 Å². The van der Waals surface area contributed by atoms with Crippen LogP contribution >= 0.6 is 11.6 Å². The Bertz CT molecular complexity index is 508. The molecule has 1 aromatic rings. The van der Waals surface area contributed by atoms with Crippen LogP contribution in [0, 0.1) is 5.92 Å². The quantitative estimate of drug-likeness (QED) is 0.729. The lowest BCUT2D eigenvalue weighted by Crippen LogP contribution is -2.44. The number of pyridine rings is 1. The molecule has 6 nitrogen and oxygen atoms in total. The van der Waals surface area contributed by atoms with Gasteiger partial charge < -0.3 is 10.1 Å². The second-order valence-electron chi connectivity index (χ2n) is 5.47. The number of carbonyl (C=O) groups excluding carboxylic acids is 1. The molecule has 2 aliphatic rings. The zero-order valence-corrected chi connectivity index (χ0v) is 12.4. The first-order chi connectivity index (χ1) is 10.2. The highest BCUT2D eigenvalue weighted by Crippen LogP contribution is 2.23. The van der Waals surface area contributed by atoms with E-state index >= 15 is 0 Å². The van der Waals surface area contributed by atoms with Crippen molar-refractivity contribution < 1.29 is 9.53 Å². The number of nitrogens with zero attached hydrogens (tertiary/aromatic N) is 1. The summed E-state index contributed by atoms with van der Waals surface area (Å²) in [5.41, 5.74) is 6.95. The summed E-state index contributed by atoms with van der Waals surface area (Å²) < 4.78 is 5.38. The Kier molecular flexibility index (Phi) is 4.70. The van der Waals surface area contributed by atoms with E-state index in [0.717, 1.165) is 32.5 Å². The topological polar surface area (TPSA) is 75.3 Å². The summed E-state index contributed by atoms with van der Waals surface area (Å²) in [6.07, 6.45) is 4.47. The molecule has 1 aromatic heterocycles. The average molecular weight is 311 g/mol. The molecule has 21 heavy (non-hydrogen) atoms. The second-order valence-corrected chi connectivity index (χ2v) is 5.86. The van der Waals surface area contributed by atoms with E-state index in [-0.39, 0.29) is 12.1 Å². The van der Waals surface area contributed by atoms with Crippen LogP contribution in [0.5, 0.6) is 0 Å². The number of hydrogen-bond donors (Lipinski definition) is 3. The molecule has 7 heteroatoms. The van der Waals surface area contributed by atoms with Crippen LogP contribution < -0.4 is 16.2 Å². The van der Waals surface area contributed by atoms with Crippen LogP contribution in [0.25, 0.3) is 0 Å². The van der Waals surface area contributed by atoms with E-state index in [1.807, 2.05) is 0 Å². The molecule has 2 unspecified atom stereocenters. The molecule has 3 rings (SSSR count). The number of nitrogens with one attached hydrogen (secondary N) is 3. The number of amides is 1. The summed E-state index contributed by atoms with van der Waals surface area (Å²) in [6, 6.07) is 3.59. The fraction of sp³-hybridized carbons (Fsp3) is 0.571. The smallest absolute Gasteiger partial charge is 0.252 e. The zero-order chi connectivity index (χ0) is 14.7. The number of ether oxygens (including phenoxy) is 1. The molecule has 0 spiro atoms. The SMILES string of the molecule is O=C(NC1CC(C2CCOCC2)NN1)c1ccnc(Cl)c1. The van der Waals surface area contributed by atoms with E-state index < -0.39 is 0 Å². The molecule has 2 fully saturated rings. The summed E-state index contributed by atoms with van der Waals surface area (Å²) in [6.45, 7) is 1.66. The van der Waals surface area contributed by atoms with Gasteiger partial charge in [-0.1, -0.05) is 11.6 Å². The molecule has 2 atom stereocenters. The Morgan fingerprint density at radius 1 is 1.38 bits per heavy atom. The molecule has 1 amide bonds. The van der Waals surface area contributed by atoms with Crippen LogP contribution in [0.15, 0.2) is 18.3 Å². The van der Waals surface area contributed by atoms with Crippen molar-refractivity contribution in [3.8, 4) is 0 Å². The molecule has 3 N–H and O–H groups in total. The first-order valence-electron chi connectivity index (χ1n) is 7.23. The average Bonchev–Trinajstić information content (AvgIpc) is 2.97. The fourth-order valence-electron chi connectivity index (χ4n) is 2.89. The monoisotopic (exact) mass is 310 g/mol. The third kappa shape index (κ3) is 3.71. The third-order valence-electron chi connectivity index (χ3n) is 4.06. The Morgan fingerprint density at radius 2 is 2.19 bits per heavy atom. The molecule has 0 radical (unpaired) electrons. The van der Waals surface area contributed by atoms with Crippen molar-refractivity contribution in [1.29, 1.82) is 0 Å². The minimum atomic E-state index is -0.147. The van der Waals surface area contributed by atoms with E-state index in [4.69, 9.17) is 16.3 Å². The van der Waals surface area contributed by atoms with E-state index in [0.29, 0.717) is 22.7 Å². The highest BCUT2D eigenvalue weighted by atomic mass is 35.5. The van der Waals surface area contributed by atoms with Crippen molar-refractivity contribution in [2.45, 2.75) is 31.5 Å². The number of aromatic nitrogens is 1. The van der Waals surface area contributed by atoms with Crippen molar-refractivity contribution in [2.24, 2.45) is 5.92 Å². The molecule has 2 aliphatic heterocycles. The predicted octanol–water partition coefficient (Wildman–Crippen LogP) is 1.08. The minimum Gasteiger partial charge on any atom is -0.381 e. The Balaban J connectivity index is 1.53. The highest BCUT2D eigenvalue weighted by Gasteiger charge is 2.32. The molecule has 0 aromatic carbocycles. The summed E-state index contributed by atoms with van der Waals surface area (Å²) in [5, 5.41) is 3.28. The van der Waals surface area contributed by atoms with Gasteiger partial charge in [0.05, 0.1) is 6.17 Å². The van der Waals surface area contributed by atoms with E-state index in [1.165, 1.54) is 6.20 Å².